The van der Waals surface area contributed by atoms with Gasteiger partial charge in [0.05, 0.1) is 29.6 Å². The van der Waals surface area contributed by atoms with Crippen molar-refractivity contribution in [3.63, 3.8) is 0 Å². The summed E-state index contributed by atoms with van der Waals surface area (Å²) in [6, 6.07) is 1.51. The number of hydrogen-bond donors (Lipinski definition) is 1. The van der Waals surface area contributed by atoms with Crippen LogP contribution in [0.1, 0.15) is 37.0 Å². The molecule has 0 radical (unpaired) electrons. The first-order valence-corrected chi connectivity index (χ1v) is 7.57. The van der Waals surface area contributed by atoms with E-state index in [1.807, 2.05) is 0 Å². The normalized spacial score (nSPS) is 10.9. The van der Waals surface area contributed by atoms with Crippen LogP contribution in [0.2, 0.25) is 0 Å². The maximum atomic E-state index is 12.0. The van der Waals surface area contributed by atoms with Gasteiger partial charge in [-0.05, 0) is 33.8 Å². The predicted octanol–water partition coefficient (Wildman–Crippen LogP) is 3.02. The fourth-order valence-corrected chi connectivity index (χ4v) is 2.10. The summed E-state index contributed by atoms with van der Waals surface area (Å²) in [6.07, 6.45) is 2.93. The molecule has 0 bridgehead atoms. The van der Waals surface area contributed by atoms with Gasteiger partial charge in [-0.25, -0.2) is 9.78 Å². The highest BCUT2D eigenvalue weighted by Gasteiger charge is 2.20. The van der Waals surface area contributed by atoms with E-state index in [0.717, 1.165) is 0 Å². The van der Waals surface area contributed by atoms with E-state index in [1.54, 1.807) is 27.7 Å². The quantitative estimate of drug-likeness (QED) is 0.850. The van der Waals surface area contributed by atoms with Gasteiger partial charge >= 0.3 is 6.09 Å². The molecule has 0 spiro atoms. The van der Waals surface area contributed by atoms with E-state index in [9.17, 15) is 9.59 Å². The van der Waals surface area contributed by atoms with Gasteiger partial charge in [0.15, 0.2) is 6.29 Å². The highest BCUT2D eigenvalue weighted by molar-refractivity contribution is 5.98. The number of amides is 1. The number of carbonyl (C=O) groups excluding carboxylic acids is 2. The minimum absolute atomic E-state index is 0.180. The third kappa shape index (κ3) is 4.50. The standard InChI is InChI=1S/C17H20N4O4/c1-10-19-8-11(15(20-10)24-5)14-12(9-22)13(6-7-18-14)21-16(23)25-17(2,3)4/h6-9H,1-5H3,(H,18,21,23). The molecule has 0 fully saturated rings. The number of rotatable bonds is 4. The Bertz CT molecular complexity index is 800. The molecule has 8 nitrogen and oxygen atoms in total. The molecule has 8 heteroatoms. The van der Waals surface area contributed by atoms with E-state index < -0.39 is 11.7 Å². The molecule has 2 heterocycles. The van der Waals surface area contributed by atoms with Crippen LogP contribution in [0.4, 0.5) is 10.5 Å². The van der Waals surface area contributed by atoms with Crippen molar-refractivity contribution in [2.75, 3.05) is 12.4 Å². The van der Waals surface area contributed by atoms with Gasteiger partial charge in [0.1, 0.15) is 11.4 Å². The molecule has 0 aromatic carbocycles. The summed E-state index contributed by atoms with van der Waals surface area (Å²) in [4.78, 5) is 36.2. The minimum Gasteiger partial charge on any atom is -0.480 e. The van der Waals surface area contributed by atoms with Gasteiger partial charge in [-0.2, -0.15) is 4.98 Å². The van der Waals surface area contributed by atoms with Gasteiger partial charge in [0.2, 0.25) is 5.88 Å². The van der Waals surface area contributed by atoms with Gasteiger partial charge in [0.25, 0.3) is 0 Å². The van der Waals surface area contributed by atoms with Crippen molar-refractivity contribution in [2.24, 2.45) is 0 Å². The summed E-state index contributed by atoms with van der Waals surface area (Å²) >= 11 is 0. The van der Waals surface area contributed by atoms with Crippen LogP contribution in [-0.2, 0) is 4.74 Å². The smallest absolute Gasteiger partial charge is 0.412 e. The zero-order chi connectivity index (χ0) is 18.6. The van der Waals surface area contributed by atoms with Crippen molar-refractivity contribution in [3.8, 4) is 17.1 Å². The maximum absolute atomic E-state index is 12.0. The van der Waals surface area contributed by atoms with Crippen LogP contribution in [0.5, 0.6) is 5.88 Å². The molecule has 0 aliphatic carbocycles. The van der Waals surface area contributed by atoms with Crippen molar-refractivity contribution >= 4 is 18.1 Å². The molecule has 2 aromatic heterocycles. The summed E-state index contributed by atoms with van der Waals surface area (Å²) in [5.74, 6) is 0.814. The van der Waals surface area contributed by atoms with Gasteiger partial charge < -0.3 is 9.47 Å². The Labute approximate surface area is 145 Å². The Kier molecular flexibility index (Phi) is 5.31. The number of aryl methyl sites for hydroxylation is 1. The van der Waals surface area contributed by atoms with Crippen LogP contribution in [0, 0.1) is 6.92 Å². The first-order chi connectivity index (χ1) is 11.7. The summed E-state index contributed by atoms with van der Waals surface area (Å²) in [6.45, 7) is 6.97. The highest BCUT2D eigenvalue weighted by Crippen LogP contribution is 2.31. The maximum Gasteiger partial charge on any atom is 0.412 e. The van der Waals surface area contributed by atoms with E-state index in [0.29, 0.717) is 23.4 Å². The molecular weight excluding hydrogens is 324 g/mol. The average Bonchev–Trinajstić information content (AvgIpc) is 2.52. The Morgan fingerprint density at radius 1 is 1.28 bits per heavy atom. The molecule has 1 amide bonds. The van der Waals surface area contributed by atoms with Gasteiger partial charge in [0, 0.05) is 12.4 Å². The number of aromatic nitrogens is 3. The highest BCUT2D eigenvalue weighted by atomic mass is 16.6. The third-order valence-corrected chi connectivity index (χ3v) is 3.07. The average molecular weight is 344 g/mol. The number of nitrogens with one attached hydrogen (secondary N) is 1. The SMILES string of the molecule is COc1nc(C)ncc1-c1nccc(NC(=O)OC(C)(C)C)c1C=O. The molecule has 0 saturated heterocycles. The number of nitrogens with zero attached hydrogens (tertiary/aromatic N) is 3. The molecule has 25 heavy (non-hydrogen) atoms. The lowest BCUT2D eigenvalue weighted by Crippen LogP contribution is -2.27. The minimum atomic E-state index is -0.667. The second-order valence-electron chi connectivity index (χ2n) is 6.21. The second-order valence-corrected chi connectivity index (χ2v) is 6.21. The van der Waals surface area contributed by atoms with Crippen LogP contribution in [0.25, 0.3) is 11.3 Å². The van der Waals surface area contributed by atoms with E-state index in [4.69, 9.17) is 9.47 Å². The molecule has 2 rings (SSSR count). The number of carbonyl (C=O) groups is 2. The molecule has 0 saturated carbocycles. The monoisotopic (exact) mass is 344 g/mol. The van der Waals surface area contributed by atoms with Gasteiger partial charge in [-0.1, -0.05) is 0 Å². The lowest BCUT2D eigenvalue weighted by molar-refractivity contribution is 0.0636. The van der Waals surface area contributed by atoms with E-state index in [-0.39, 0.29) is 17.1 Å². The van der Waals surface area contributed by atoms with Crippen molar-refractivity contribution in [1.29, 1.82) is 0 Å². The molecule has 2 aromatic rings. The van der Waals surface area contributed by atoms with E-state index in [1.165, 1.54) is 25.6 Å². The first kappa shape index (κ1) is 18.3. The Hall–Kier alpha value is -3.03. The molecule has 0 atom stereocenters. The number of hydrogen-bond acceptors (Lipinski definition) is 7. The van der Waals surface area contributed by atoms with Crippen molar-refractivity contribution < 1.29 is 19.1 Å². The summed E-state index contributed by atoms with van der Waals surface area (Å²) in [5.41, 5.74) is 0.550. The van der Waals surface area contributed by atoms with Gasteiger partial charge in [-0.15, -0.1) is 0 Å². The Balaban J connectivity index is 2.45. The lowest BCUT2D eigenvalue weighted by Gasteiger charge is -2.20. The fraction of sp³-hybridized carbons (Fsp3) is 0.353. The first-order valence-electron chi connectivity index (χ1n) is 7.57. The zero-order valence-corrected chi connectivity index (χ0v) is 14.8. The Morgan fingerprint density at radius 2 is 2.00 bits per heavy atom. The Morgan fingerprint density at radius 3 is 2.60 bits per heavy atom. The van der Waals surface area contributed by atoms with Crippen LogP contribution in [0.15, 0.2) is 18.5 Å². The molecule has 132 valence electrons. The third-order valence-electron chi connectivity index (χ3n) is 3.07. The fourth-order valence-electron chi connectivity index (χ4n) is 2.10. The second kappa shape index (κ2) is 7.25. The number of anilines is 1. The molecule has 0 unspecified atom stereocenters. The van der Waals surface area contributed by atoms with Crippen molar-refractivity contribution in [1.82, 2.24) is 15.0 Å². The largest absolute Gasteiger partial charge is 0.480 e. The number of ether oxygens (including phenoxy) is 2. The molecule has 0 aliphatic rings. The zero-order valence-electron chi connectivity index (χ0n) is 14.8. The van der Waals surface area contributed by atoms with Gasteiger partial charge in [-0.3, -0.25) is 15.1 Å². The summed E-state index contributed by atoms with van der Waals surface area (Å²) < 4.78 is 10.5. The number of aldehydes is 1. The van der Waals surface area contributed by atoms with E-state index >= 15 is 0 Å². The summed E-state index contributed by atoms with van der Waals surface area (Å²) in [5, 5.41) is 2.56. The predicted molar refractivity (Wildman–Crippen MR) is 91.8 cm³/mol. The lowest BCUT2D eigenvalue weighted by atomic mass is 10.1. The van der Waals surface area contributed by atoms with Crippen LogP contribution in [0.3, 0.4) is 0 Å². The van der Waals surface area contributed by atoms with Crippen LogP contribution < -0.4 is 10.1 Å². The molecular formula is C17H20N4O4. The molecule has 0 aliphatic heterocycles. The van der Waals surface area contributed by atoms with Crippen LogP contribution >= 0.6 is 0 Å². The number of methoxy groups -OCH3 is 1. The number of pyridine rings is 1. The summed E-state index contributed by atoms with van der Waals surface area (Å²) in [7, 11) is 1.47. The van der Waals surface area contributed by atoms with Crippen LogP contribution in [-0.4, -0.2) is 40.0 Å². The van der Waals surface area contributed by atoms with Crippen molar-refractivity contribution in [3.05, 3.63) is 29.8 Å². The molecule has 1 N–H and O–H groups in total. The van der Waals surface area contributed by atoms with Crippen molar-refractivity contribution in [2.45, 2.75) is 33.3 Å². The van der Waals surface area contributed by atoms with E-state index in [2.05, 4.69) is 20.3 Å². The topological polar surface area (TPSA) is 103 Å².